The highest BCUT2D eigenvalue weighted by Gasteiger charge is 2.35. The van der Waals surface area contributed by atoms with Gasteiger partial charge in [0.2, 0.25) is 10.1 Å². The van der Waals surface area contributed by atoms with Gasteiger partial charge in [0.05, 0.1) is 0 Å². The molecule has 0 aliphatic carbocycles. The van der Waals surface area contributed by atoms with Crippen LogP contribution < -0.4 is 5.32 Å². The van der Waals surface area contributed by atoms with Crippen LogP contribution in [0.1, 0.15) is 16.1 Å². The van der Waals surface area contributed by atoms with Crippen molar-refractivity contribution in [3.8, 4) is 0 Å². The predicted molar refractivity (Wildman–Crippen MR) is 64.1 cm³/mol. The molecule has 0 radical (unpaired) electrons. The van der Waals surface area contributed by atoms with E-state index in [-0.39, 0.29) is 5.13 Å². The lowest BCUT2D eigenvalue weighted by Gasteiger charge is -2.09. The number of hydrogen-bond donors (Lipinski definition) is 1. The summed E-state index contributed by atoms with van der Waals surface area (Å²) in [5, 5.41) is 8.69. The van der Waals surface area contributed by atoms with Gasteiger partial charge in [-0.05, 0) is 25.0 Å². The van der Waals surface area contributed by atoms with Crippen molar-refractivity contribution in [3.63, 3.8) is 0 Å². The Bertz CT molecular complexity index is 543. The SMILES string of the molecule is Cc1cccc(C)c1Nc1nnc(C(F)(F)F)s1. The zero-order valence-corrected chi connectivity index (χ0v) is 10.5. The van der Waals surface area contributed by atoms with Gasteiger partial charge in [0.25, 0.3) is 0 Å². The molecule has 0 aliphatic heterocycles. The molecule has 3 nitrogen and oxygen atoms in total. The molecule has 7 heteroatoms. The molecule has 2 rings (SSSR count). The van der Waals surface area contributed by atoms with Crippen LogP contribution in [0.25, 0.3) is 0 Å². The van der Waals surface area contributed by atoms with Crippen molar-refractivity contribution >= 4 is 22.2 Å². The van der Waals surface area contributed by atoms with Gasteiger partial charge in [0.1, 0.15) is 0 Å². The van der Waals surface area contributed by atoms with E-state index in [2.05, 4.69) is 15.5 Å². The highest BCUT2D eigenvalue weighted by molar-refractivity contribution is 7.15. The molecule has 1 aromatic heterocycles. The number of alkyl halides is 3. The lowest BCUT2D eigenvalue weighted by molar-refractivity contribution is -0.138. The first kappa shape index (κ1) is 12.8. The van der Waals surface area contributed by atoms with E-state index in [9.17, 15) is 13.2 Å². The van der Waals surface area contributed by atoms with Crippen LogP contribution in [0.5, 0.6) is 0 Å². The Hall–Kier alpha value is -1.63. The number of anilines is 2. The second-order valence-corrected chi connectivity index (χ2v) is 4.78. The number of aryl methyl sites for hydroxylation is 2. The fourth-order valence-electron chi connectivity index (χ4n) is 1.51. The normalized spacial score (nSPS) is 11.6. The Balaban J connectivity index is 2.27. The van der Waals surface area contributed by atoms with E-state index in [0.717, 1.165) is 16.8 Å². The van der Waals surface area contributed by atoms with Crippen LogP contribution in [-0.2, 0) is 6.18 Å². The lowest BCUT2D eigenvalue weighted by atomic mass is 10.1. The molecule has 96 valence electrons. The summed E-state index contributed by atoms with van der Waals surface area (Å²) < 4.78 is 37.1. The molecule has 0 bridgehead atoms. The third kappa shape index (κ3) is 2.61. The molecule has 0 aliphatic rings. The molecule has 0 unspecified atom stereocenters. The summed E-state index contributed by atoms with van der Waals surface area (Å²) in [6.45, 7) is 3.75. The maximum absolute atomic E-state index is 12.4. The van der Waals surface area contributed by atoms with Gasteiger partial charge in [-0.25, -0.2) is 0 Å². The van der Waals surface area contributed by atoms with Crippen molar-refractivity contribution in [2.24, 2.45) is 0 Å². The second kappa shape index (κ2) is 4.56. The smallest absolute Gasteiger partial charge is 0.330 e. The Labute approximate surface area is 106 Å². The molecule has 2 aromatic rings. The van der Waals surface area contributed by atoms with Gasteiger partial charge in [-0.1, -0.05) is 29.5 Å². The molecule has 0 amide bonds. The first-order valence-electron chi connectivity index (χ1n) is 5.12. The number of nitrogens with zero attached hydrogens (tertiary/aromatic N) is 2. The van der Waals surface area contributed by atoms with E-state index in [1.807, 2.05) is 32.0 Å². The van der Waals surface area contributed by atoms with Crippen molar-refractivity contribution < 1.29 is 13.2 Å². The number of rotatable bonds is 2. The topological polar surface area (TPSA) is 37.8 Å². The number of para-hydroxylation sites is 1. The van der Waals surface area contributed by atoms with Crippen molar-refractivity contribution in [1.82, 2.24) is 10.2 Å². The van der Waals surface area contributed by atoms with Gasteiger partial charge in [-0.3, -0.25) is 0 Å². The van der Waals surface area contributed by atoms with Crippen LogP contribution in [0, 0.1) is 13.8 Å². The second-order valence-electron chi connectivity index (χ2n) is 3.80. The van der Waals surface area contributed by atoms with E-state index >= 15 is 0 Å². The summed E-state index contributed by atoms with van der Waals surface area (Å²) in [7, 11) is 0. The van der Waals surface area contributed by atoms with E-state index in [1.54, 1.807) is 0 Å². The molecule has 1 heterocycles. The number of hydrogen-bond acceptors (Lipinski definition) is 4. The molecular formula is C11H10F3N3S. The minimum atomic E-state index is -4.45. The van der Waals surface area contributed by atoms with Crippen molar-refractivity contribution in [2.75, 3.05) is 5.32 Å². The molecule has 0 saturated heterocycles. The Kier molecular flexibility index (Phi) is 3.25. The standard InChI is InChI=1S/C11H10F3N3S/c1-6-4-3-5-7(2)8(6)15-10-17-16-9(18-10)11(12,13)14/h3-5H,1-2H3,(H,15,17). The largest absolute Gasteiger partial charge is 0.445 e. The van der Waals surface area contributed by atoms with Gasteiger partial charge in [0.15, 0.2) is 0 Å². The molecule has 0 atom stereocenters. The molecule has 18 heavy (non-hydrogen) atoms. The Morgan fingerprint density at radius 1 is 1.11 bits per heavy atom. The maximum Gasteiger partial charge on any atom is 0.445 e. The first-order valence-corrected chi connectivity index (χ1v) is 5.93. The van der Waals surface area contributed by atoms with Gasteiger partial charge in [-0.15, -0.1) is 10.2 Å². The minimum absolute atomic E-state index is 0.139. The molecule has 0 spiro atoms. The molecule has 0 saturated carbocycles. The van der Waals surface area contributed by atoms with Crippen LogP contribution >= 0.6 is 11.3 Å². The lowest BCUT2D eigenvalue weighted by Crippen LogP contribution is -2.03. The summed E-state index contributed by atoms with van der Waals surface area (Å²) in [4.78, 5) is 0. The predicted octanol–water partition coefficient (Wildman–Crippen LogP) is 3.92. The zero-order chi connectivity index (χ0) is 13.3. The van der Waals surface area contributed by atoms with E-state index in [0.29, 0.717) is 11.3 Å². The Morgan fingerprint density at radius 2 is 1.72 bits per heavy atom. The fourth-order valence-corrected chi connectivity index (χ4v) is 2.12. The third-order valence-electron chi connectivity index (χ3n) is 2.38. The summed E-state index contributed by atoms with van der Waals surface area (Å²) >= 11 is 0.494. The molecular weight excluding hydrogens is 263 g/mol. The van der Waals surface area contributed by atoms with Crippen molar-refractivity contribution in [1.29, 1.82) is 0 Å². The van der Waals surface area contributed by atoms with Crippen LogP contribution in [0.2, 0.25) is 0 Å². The quantitative estimate of drug-likeness (QED) is 0.901. The summed E-state index contributed by atoms with van der Waals surface area (Å²) in [5.41, 5.74) is 2.65. The van der Waals surface area contributed by atoms with Gasteiger partial charge in [-0.2, -0.15) is 13.2 Å². The minimum Gasteiger partial charge on any atom is -0.330 e. The highest BCUT2D eigenvalue weighted by Crippen LogP contribution is 2.34. The fraction of sp³-hybridized carbons (Fsp3) is 0.273. The van der Waals surface area contributed by atoms with Gasteiger partial charge < -0.3 is 5.32 Å². The number of halogens is 3. The molecule has 1 N–H and O–H groups in total. The number of nitrogens with one attached hydrogen (secondary N) is 1. The number of aromatic nitrogens is 2. The maximum atomic E-state index is 12.4. The Morgan fingerprint density at radius 3 is 2.22 bits per heavy atom. The average Bonchev–Trinajstić information content (AvgIpc) is 2.72. The van der Waals surface area contributed by atoms with E-state index in [1.165, 1.54) is 0 Å². The average molecular weight is 273 g/mol. The first-order chi connectivity index (χ1) is 8.38. The van der Waals surface area contributed by atoms with Gasteiger partial charge in [0, 0.05) is 5.69 Å². The van der Waals surface area contributed by atoms with Crippen LogP contribution in [0.15, 0.2) is 18.2 Å². The van der Waals surface area contributed by atoms with Crippen molar-refractivity contribution in [3.05, 3.63) is 34.3 Å². The monoisotopic (exact) mass is 273 g/mol. The van der Waals surface area contributed by atoms with Crippen LogP contribution in [0.4, 0.5) is 24.0 Å². The third-order valence-corrected chi connectivity index (χ3v) is 3.26. The highest BCUT2D eigenvalue weighted by atomic mass is 32.1. The summed E-state index contributed by atoms with van der Waals surface area (Å²) in [5.74, 6) is 0. The summed E-state index contributed by atoms with van der Waals surface area (Å²) in [6, 6.07) is 5.64. The summed E-state index contributed by atoms with van der Waals surface area (Å²) in [6.07, 6.45) is -4.45. The molecule has 1 aromatic carbocycles. The van der Waals surface area contributed by atoms with Crippen molar-refractivity contribution in [2.45, 2.75) is 20.0 Å². The van der Waals surface area contributed by atoms with Crippen LogP contribution in [-0.4, -0.2) is 10.2 Å². The van der Waals surface area contributed by atoms with Gasteiger partial charge >= 0.3 is 6.18 Å². The zero-order valence-electron chi connectivity index (χ0n) is 9.67. The number of benzene rings is 1. The van der Waals surface area contributed by atoms with Crippen LogP contribution in [0.3, 0.4) is 0 Å². The van der Waals surface area contributed by atoms with E-state index < -0.39 is 11.2 Å². The molecule has 0 fully saturated rings. The van der Waals surface area contributed by atoms with E-state index in [4.69, 9.17) is 0 Å².